The second-order valence-corrected chi connectivity index (χ2v) is 8.39. The van der Waals surface area contributed by atoms with Gasteiger partial charge >= 0.3 is 0 Å². The number of nitrogens with zero attached hydrogens (tertiary/aromatic N) is 4. The average Bonchev–Trinajstić information content (AvgIpc) is 3.27. The highest BCUT2D eigenvalue weighted by molar-refractivity contribution is 7.99. The molecule has 0 aliphatic heterocycles. The second-order valence-electron chi connectivity index (χ2n) is 7.32. The fourth-order valence-electron chi connectivity index (χ4n) is 3.41. The van der Waals surface area contributed by atoms with Crippen LogP contribution in [0.2, 0.25) is 0 Å². The van der Waals surface area contributed by atoms with E-state index in [1.807, 2.05) is 78.9 Å². The molecule has 0 bridgehead atoms. The monoisotopic (exact) mass is 464 g/mol. The van der Waals surface area contributed by atoms with Crippen molar-refractivity contribution in [2.24, 2.45) is 10.7 Å². The van der Waals surface area contributed by atoms with Gasteiger partial charge in [0.2, 0.25) is 5.43 Å². The number of imidazole rings is 1. The van der Waals surface area contributed by atoms with Crippen LogP contribution in [0.25, 0.3) is 16.7 Å². The lowest BCUT2D eigenvalue weighted by Gasteiger charge is -2.09. The summed E-state index contributed by atoms with van der Waals surface area (Å²) in [5.41, 5.74) is 9.42. The molecule has 166 valence electrons. The molecule has 3 N–H and O–H groups in total. The van der Waals surface area contributed by atoms with E-state index in [2.05, 4.69) is 20.1 Å². The first-order chi connectivity index (χ1) is 16.7. The number of nitrogens with two attached hydrogens (primary N) is 1. The number of aromatic amines is 1. The predicted molar refractivity (Wildman–Crippen MR) is 136 cm³/mol. The Morgan fingerprint density at radius 3 is 2.65 bits per heavy atom. The van der Waals surface area contributed by atoms with Crippen molar-refractivity contribution in [1.82, 2.24) is 19.7 Å². The van der Waals surface area contributed by atoms with Gasteiger partial charge in [-0.15, -0.1) is 0 Å². The summed E-state index contributed by atoms with van der Waals surface area (Å²) in [6, 6.07) is 26.6. The Kier molecular flexibility index (Phi) is 6.05. The molecule has 5 aromatic rings. The van der Waals surface area contributed by atoms with Gasteiger partial charge < -0.3 is 10.7 Å². The maximum atomic E-state index is 12.7. The molecule has 2 heterocycles. The Morgan fingerprint density at radius 2 is 1.82 bits per heavy atom. The van der Waals surface area contributed by atoms with E-state index < -0.39 is 0 Å². The minimum Gasteiger partial charge on any atom is -0.405 e. The van der Waals surface area contributed by atoms with Crippen LogP contribution in [-0.4, -0.2) is 25.5 Å². The zero-order valence-electron chi connectivity index (χ0n) is 18.0. The molecule has 2 aromatic heterocycles. The van der Waals surface area contributed by atoms with Gasteiger partial charge in [0, 0.05) is 17.2 Å². The van der Waals surface area contributed by atoms with Gasteiger partial charge in [-0.3, -0.25) is 4.79 Å². The zero-order valence-corrected chi connectivity index (χ0v) is 18.8. The van der Waals surface area contributed by atoms with Crippen LogP contribution in [0.3, 0.4) is 0 Å². The highest BCUT2D eigenvalue weighted by Crippen LogP contribution is 2.28. The maximum Gasteiger partial charge on any atom is 0.209 e. The summed E-state index contributed by atoms with van der Waals surface area (Å²) in [6.07, 6.45) is 4.57. The lowest BCUT2D eigenvalue weighted by Crippen LogP contribution is -2.20. The van der Waals surface area contributed by atoms with E-state index in [1.165, 1.54) is 24.0 Å². The van der Waals surface area contributed by atoms with E-state index in [1.54, 1.807) is 17.0 Å². The standard InChI is InChI=1S/C26H20N6OS/c27-15-13-23(28-18-7-2-1-3-8-18)25-24(33)14-16-32(31-25)19-9-6-10-20(17-19)34-26-29-21-11-4-5-12-22(21)30-26/h1-17H,27H2,(H,29,30). The molecular weight excluding hydrogens is 444 g/mol. The molecule has 0 amide bonds. The fraction of sp³-hybridized carbons (Fsp3) is 0. The van der Waals surface area contributed by atoms with Crippen molar-refractivity contribution < 1.29 is 0 Å². The van der Waals surface area contributed by atoms with Crippen LogP contribution in [0.1, 0.15) is 5.69 Å². The molecule has 0 atom stereocenters. The molecule has 0 saturated heterocycles. The number of benzene rings is 3. The Bertz CT molecular complexity index is 1540. The maximum absolute atomic E-state index is 12.7. The third kappa shape index (κ3) is 4.67. The highest BCUT2D eigenvalue weighted by atomic mass is 32.2. The van der Waals surface area contributed by atoms with Gasteiger partial charge in [0.1, 0.15) is 0 Å². The first-order valence-electron chi connectivity index (χ1n) is 10.5. The van der Waals surface area contributed by atoms with E-state index in [4.69, 9.17) is 5.73 Å². The average molecular weight is 465 g/mol. The molecule has 0 aliphatic carbocycles. The third-order valence-corrected chi connectivity index (χ3v) is 5.85. The molecule has 5 rings (SSSR count). The topological polar surface area (TPSA) is 102 Å². The Balaban J connectivity index is 1.49. The molecule has 8 heteroatoms. The molecule has 0 spiro atoms. The zero-order chi connectivity index (χ0) is 23.3. The molecule has 0 unspecified atom stereocenters. The number of allylic oxidation sites excluding steroid dienone is 1. The smallest absolute Gasteiger partial charge is 0.209 e. The van der Waals surface area contributed by atoms with Crippen molar-refractivity contribution in [2.45, 2.75) is 10.1 Å². The number of fused-ring (bicyclic) bond motifs is 1. The van der Waals surface area contributed by atoms with Gasteiger partial charge in [0.05, 0.1) is 28.1 Å². The summed E-state index contributed by atoms with van der Waals surface area (Å²) in [6.45, 7) is 0. The van der Waals surface area contributed by atoms with Crippen molar-refractivity contribution >= 4 is 34.2 Å². The normalized spacial score (nSPS) is 11.9. The molecule has 0 aliphatic rings. The number of H-pyrrole nitrogens is 1. The largest absolute Gasteiger partial charge is 0.405 e. The number of para-hydroxylation sites is 3. The van der Waals surface area contributed by atoms with Crippen LogP contribution < -0.4 is 11.2 Å². The van der Waals surface area contributed by atoms with Gasteiger partial charge in [-0.1, -0.05) is 48.2 Å². The number of hydrogen-bond donors (Lipinski definition) is 2. The van der Waals surface area contributed by atoms with Crippen molar-refractivity contribution in [1.29, 1.82) is 0 Å². The number of nitrogens with one attached hydrogen (secondary N) is 1. The predicted octanol–water partition coefficient (Wildman–Crippen LogP) is 4.85. The Morgan fingerprint density at radius 1 is 1.00 bits per heavy atom. The Labute approximate surface area is 199 Å². The fourth-order valence-corrected chi connectivity index (χ4v) is 4.26. The van der Waals surface area contributed by atoms with E-state index in [0.29, 0.717) is 11.4 Å². The number of aliphatic imine (C=N–C) groups is 1. The molecular formula is C26H20N6OS. The first kappa shape index (κ1) is 21.4. The van der Waals surface area contributed by atoms with Crippen LogP contribution in [0, 0.1) is 0 Å². The summed E-state index contributed by atoms with van der Waals surface area (Å²) in [4.78, 5) is 26.2. The molecule has 0 fully saturated rings. The number of hydrogen-bond acceptors (Lipinski definition) is 6. The third-order valence-electron chi connectivity index (χ3n) is 4.98. The van der Waals surface area contributed by atoms with E-state index >= 15 is 0 Å². The van der Waals surface area contributed by atoms with Gasteiger partial charge in [-0.05, 0) is 54.7 Å². The van der Waals surface area contributed by atoms with Crippen molar-refractivity contribution in [3.05, 3.63) is 119 Å². The summed E-state index contributed by atoms with van der Waals surface area (Å²) in [5, 5.41) is 5.38. The minimum atomic E-state index is -0.239. The summed E-state index contributed by atoms with van der Waals surface area (Å²) in [5.74, 6) is 0. The quantitative estimate of drug-likeness (QED) is 0.350. The van der Waals surface area contributed by atoms with Crippen molar-refractivity contribution in [3.8, 4) is 5.69 Å². The lowest BCUT2D eigenvalue weighted by molar-refractivity contribution is 0.826. The van der Waals surface area contributed by atoms with Crippen LogP contribution in [0.15, 0.2) is 123 Å². The van der Waals surface area contributed by atoms with E-state index in [-0.39, 0.29) is 11.1 Å². The number of rotatable bonds is 6. The minimum absolute atomic E-state index is 0.211. The van der Waals surface area contributed by atoms with Crippen LogP contribution >= 0.6 is 11.8 Å². The molecule has 3 aromatic carbocycles. The summed E-state index contributed by atoms with van der Waals surface area (Å²) < 4.78 is 1.66. The van der Waals surface area contributed by atoms with Crippen LogP contribution in [0.4, 0.5) is 5.69 Å². The van der Waals surface area contributed by atoms with Crippen molar-refractivity contribution in [3.63, 3.8) is 0 Å². The summed E-state index contributed by atoms with van der Waals surface area (Å²) >= 11 is 1.52. The van der Waals surface area contributed by atoms with Crippen molar-refractivity contribution in [2.75, 3.05) is 0 Å². The SMILES string of the molecule is NC=CC(=Nc1ccccc1)c1nn(-c2cccc(Sc3nc4ccccc4[nH]3)c2)ccc1=O. The van der Waals surface area contributed by atoms with Gasteiger partial charge in [-0.2, -0.15) is 5.10 Å². The second kappa shape index (κ2) is 9.60. The van der Waals surface area contributed by atoms with Gasteiger partial charge in [0.15, 0.2) is 10.9 Å². The van der Waals surface area contributed by atoms with Crippen LogP contribution in [0.5, 0.6) is 0 Å². The molecule has 0 saturated carbocycles. The molecule has 34 heavy (non-hydrogen) atoms. The van der Waals surface area contributed by atoms with Crippen LogP contribution in [-0.2, 0) is 0 Å². The number of aromatic nitrogens is 4. The summed E-state index contributed by atoms with van der Waals surface area (Å²) in [7, 11) is 0. The van der Waals surface area contributed by atoms with Gasteiger partial charge in [-0.25, -0.2) is 14.7 Å². The lowest BCUT2D eigenvalue weighted by atomic mass is 10.2. The first-order valence-corrected chi connectivity index (χ1v) is 11.4. The molecule has 0 radical (unpaired) electrons. The molecule has 7 nitrogen and oxygen atoms in total. The van der Waals surface area contributed by atoms with Gasteiger partial charge in [0.25, 0.3) is 0 Å². The Hall–Kier alpha value is -4.43. The highest BCUT2D eigenvalue weighted by Gasteiger charge is 2.11. The van der Waals surface area contributed by atoms with E-state index in [0.717, 1.165) is 26.8 Å². The van der Waals surface area contributed by atoms with E-state index in [9.17, 15) is 4.79 Å².